The van der Waals surface area contributed by atoms with E-state index < -0.39 is 5.54 Å². The summed E-state index contributed by atoms with van der Waals surface area (Å²) < 4.78 is 0. The van der Waals surface area contributed by atoms with Crippen LogP contribution in [0.3, 0.4) is 0 Å². The van der Waals surface area contributed by atoms with Crippen molar-refractivity contribution in [3.05, 3.63) is 35.4 Å². The van der Waals surface area contributed by atoms with Gasteiger partial charge in [-0.2, -0.15) is 0 Å². The molecule has 0 fully saturated rings. The van der Waals surface area contributed by atoms with Gasteiger partial charge in [-0.1, -0.05) is 24.3 Å². The fraction of sp³-hybridized carbons (Fsp3) is 0.529. The number of nitrogens with one attached hydrogen (secondary N) is 1. The van der Waals surface area contributed by atoms with Crippen LogP contribution < -0.4 is 5.32 Å². The first-order valence-corrected chi connectivity index (χ1v) is 7.61. The van der Waals surface area contributed by atoms with E-state index in [0.717, 1.165) is 12.0 Å². The third-order valence-corrected chi connectivity index (χ3v) is 4.07. The molecule has 1 aliphatic heterocycles. The van der Waals surface area contributed by atoms with Gasteiger partial charge in [0.05, 0.1) is 24.6 Å². The van der Waals surface area contributed by atoms with Gasteiger partial charge in [-0.05, 0) is 31.4 Å². The summed E-state index contributed by atoms with van der Waals surface area (Å²) in [7, 11) is 0. The first-order chi connectivity index (χ1) is 10.3. The van der Waals surface area contributed by atoms with E-state index in [0.29, 0.717) is 6.54 Å². The van der Waals surface area contributed by atoms with Crippen LogP contribution in [-0.2, 0) is 16.0 Å². The SMILES string of the molecule is CC(=O)N1CCc2ccccc2C1CC(=O)NC(C)(C)CO. The van der Waals surface area contributed by atoms with Crippen molar-refractivity contribution in [3.63, 3.8) is 0 Å². The number of amides is 2. The molecule has 120 valence electrons. The molecule has 2 N–H and O–H groups in total. The zero-order valence-electron chi connectivity index (χ0n) is 13.4. The molecule has 2 amide bonds. The second kappa shape index (κ2) is 6.48. The number of benzene rings is 1. The van der Waals surface area contributed by atoms with Gasteiger partial charge < -0.3 is 15.3 Å². The highest BCUT2D eigenvalue weighted by molar-refractivity contribution is 5.80. The molecule has 1 aromatic carbocycles. The molecule has 1 aliphatic rings. The molecule has 0 aliphatic carbocycles. The summed E-state index contributed by atoms with van der Waals surface area (Å²) >= 11 is 0. The van der Waals surface area contributed by atoms with E-state index in [1.807, 2.05) is 18.2 Å². The van der Waals surface area contributed by atoms with E-state index in [1.54, 1.807) is 18.7 Å². The highest BCUT2D eigenvalue weighted by Crippen LogP contribution is 2.32. The molecule has 22 heavy (non-hydrogen) atoms. The van der Waals surface area contributed by atoms with Crippen molar-refractivity contribution in [3.8, 4) is 0 Å². The molecule has 1 aromatic rings. The zero-order valence-corrected chi connectivity index (χ0v) is 13.4. The van der Waals surface area contributed by atoms with Crippen molar-refractivity contribution in [2.75, 3.05) is 13.2 Å². The first-order valence-electron chi connectivity index (χ1n) is 7.61. The summed E-state index contributed by atoms with van der Waals surface area (Å²) in [6.45, 7) is 5.57. The number of aliphatic hydroxyl groups is 1. The van der Waals surface area contributed by atoms with Crippen molar-refractivity contribution in [2.45, 2.75) is 45.2 Å². The molecule has 2 rings (SSSR count). The molecular formula is C17H24N2O3. The monoisotopic (exact) mass is 304 g/mol. The predicted molar refractivity (Wildman–Crippen MR) is 84.2 cm³/mol. The molecule has 0 spiro atoms. The molecule has 0 aromatic heterocycles. The predicted octanol–water partition coefficient (Wildman–Crippen LogP) is 1.41. The minimum Gasteiger partial charge on any atom is -0.394 e. The van der Waals surface area contributed by atoms with Crippen molar-refractivity contribution >= 4 is 11.8 Å². The van der Waals surface area contributed by atoms with E-state index in [1.165, 1.54) is 12.5 Å². The number of nitrogens with zero attached hydrogens (tertiary/aromatic N) is 1. The highest BCUT2D eigenvalue weighted by atomic mass is 16.3. The quantitative estimate of drug-likeness (QED) is 0.883. The second-order valence-corrected chi connectivity index (χ2v) is 6.47. The summed E-state index contributed by atoms with van der Waals surface area (Å²) in [5.74, 6) is -0.180. The van der Waals surface area contributed by atoms with Gasteiger partial charge in [0.25, 0.3) is 0 Å². The summed E-state index contributed by atoms with van der Waals surface area (Å²) in [5.41, 5.74) is 1.58. The van der Waals surface area contributed by atoms with Gasteiger partial charge in [0.1, 0.15) is 0 Å². The van der Waals surface area contributed by atoms with Crippen molar-refractivity contribution < 1.29 is 14.7 Å². The van der Waals surface area contributed by atoms with Crippen LogP contribution in [0.25, 0.3) is 0 Å². The maximum atomic E-state index is 12.3. The smallest absolute Gasteiger partial charge is 0.222 e. The van der Waals surface area contributed by atoms with E-state index >= 15 is 0 Å². The van der Waals surface area contributed by atoms with Gasteiger partial charge in [0, 0.05) is 13.5 Å². The number of carbonyl (C=O) groups excluding carboxylic acids is 2. The largest absolute Gasteiger partial charge is 0.394 e. The Hall–Kier alpha value is -1.88. The maximum Gasteiger partial charge on any atom is 0.222 e. The number of aliphatic hydroxyl groups excluding tert-OH is 1. The lowest BCUT2D eigenvalue weighted by Gasteiger charge is -2.37. The van der Waals surface area contributed by atoms with Gasteiger partial charge in [0.15, 0.2) is 0 Å². The number of rotatable bonds is 4. The van der Waals surface area contributed by atoms with Crippen LogP contribution in [0, 0.1) is 0 Å². The number of hydrogen-bond acceptors (Lipinski definition) is 3. The van der Waals surface area contributed by atoms with Gasteiger partial charge >= 0.3 is 0 Å². The Kier molecular flexibility index (Phi) is 4.86. The summed E-state index contributed by atoms with van der Waals surface area (Å²) in [6, 6.07) is 7.71. The van der Waals surface area contributed by atoms with E-state index in [-0.39, 0.29) is 30.9 Å². The van der Waals surface area contributed by atoms with Gasteiger partial charge in [-0.3, -0.25) is 9.59 Å². The fourth-order valence-electron chi connectivity index (χ4n) is 2.89. The fourth-order valence-corrected chi connectivity index (χ4v) is 2.89. The summed E-state index contributed by atoms with van der Waals surface area (Å²) in [6.07, 6.45) is 1.02. The Morgan fingerprint density at radius 3 is 2.68 bits per heavy atom. The van der Waals surface area contributed by atoms with Crippen molar-refractivity contribution in [1.29, 1.82) is 0 Å². The third kappa shape index (κ3) is 3.65. The Bertz CT molecular complexity index is 569. The molecule has 1 heterocycles. The topological polar surface area (TPSA) is 69.6 Å². The van der Waals surface area contributed by atoms with Crippen LogP contribution in [0.4, 0.5) is 0 Å². The Morgan fingerprint density at radius 2 is 2.05 bits per heavy atom. The van der Waals surface area contributed by atoms with Crippen molar-refractivity contribution in [2.24, 2.45) is 0 Å². The van der Waals surface area contributed by atoms with Gasteiger partial charge in [-0.25, -0.2) is 0 Å². The standard InChI is InChI=1S/C17H24N2O3/c1-12(21)19-9-8-13-6-4-5-7-14(13)15(19)10-16(22)18-17(2,3)11-20/h4-7,15,20H,8-11H2,1-3H3,(H,18,22). The second-order valence-electron chi connectivity index (χ2n) is 6.47. The molecule has 1 atom stereocenters. The van der Waals surface area contributed by atoms with Gasteiger partial charge in [0.2, 0.25) is 11.8 Å². The molecule has 5 heteroatoms. The number of hydrogen-bond donors (Lipinski definition) is 2. The van der Waals surface area contributed by atoms with Crippen LogP contribution in [0.2, 0.25) is 0 Å². The van der Waals surface area contributed by atoms with Crippen molar-refractivity contribution in [1.82, 2.24) is 10.2 Å². The average molecular weight is 304 g/mol. The molecular weight excluding hydrogens is 280 g/mol. The molecule has 0 radical (unpaired) electrons. The highest BCUT2D eigenvalue weighted by Gasteiger charge is 2.31. The van der Waals surface area contributed by atoms with Crippen LogP contribution in [0.1, 0.15) is 44.4 Å². The molecule has 0 saturated carbocycles. The molecule has 1 unspecified atom stereocenters. The van der Waals surface area contributed by atoms with E-state index in [9.17, 15) is 14.7 Å². The zero-order chi connectivity index (χ0) is 16.3. The lowest BCUT2D eigenvalue weighted by Crippen LogP contribution is -2.48. The normalized spacial score (nSPS) is 17.8. The lowest BCUT2D eigenvalue weighted by molar-refractivity contribution is -0.133. The first kappa shape index (κ1) is 16.5. The van der Waals surface area contributed by atoms with E-state index in [4.69, 9.17) is 0 Å². The Labute approximate surface area is 131 Å². The lowest BCUT2D eigenvalue weighted by atomic mass is 9.90. The molecule has 0 bridgehead atoms. The van der Waals surface area contributed by atoms with Crippen LogP contribution in [-0.4, -0.2) is 40.5 Å². The maximum absolute atomic E-state index is 12.3. The summed E-state index contributed by atoms with van der Waals surface area (Å²) in [4.78, 5) is 26.0. The number of fused-ring (bicyclic) bond motifs is 1. The van der Waals surface area contributed by atoms with Crippen LogP contribution in [0.5, 0.6) is 0 Å². The average Bonchev–Trinajstić information content (AvgIpc) is 2.46. The van der Waals surface area contributed by atoms with Crippen LogP contribution in [0.15, 0.2) is 24.3 Å². The van der Waals surface area contributed by atoms with Gasteiger partial charge in [-0.15, -0.1) is 0 Å². The van der Waals surface area contributed by atoms with Crippen LogP contribution >= 0.6 is 0 Å². The third-order valence-electron chi connectivity index (χ3n) is 4.07. The Balaban J connectivity index is 2.21. The minimum atomic E-state index is -0.660. The summed E-state index contributed by atoms with van der Waals surface area (Å²) in [5, 5.41) is 12.1. The molecule has 0 saturated heterocycles. The molecule has 5 nitrogen and oxygen atoms in total. The Morgan fingerprint density at radius 1 is 1.36 bits per heavy atom. The minimum absolute atomic E-state index is 0.0197. The van der Waals surface area contributed by atoms with E-state index in [2.05, 4.69) is 11.4 Å². The number of carbonyl (C=O) groups is 2.